The first-order valence-electron chi connectivity index (χ1n) is 12.3. The molecule has 2 aromatic carbocycles. The SMILES string of the molecule is CC[C@H](C)[C@H](N=C1NS(=O)(=O)c2ccccc21)C(=O)NCCN1CCN(Cc2ccccc2)CC1. The molecule has 0 aromatic heterocycles. The third-order valence-electron chi connectivity index (χ3n) is 6.82. The van der Waals surface area contributed by atoms with Crippen LogP contribution in [0, 0.1) is 5.92 Å². The van der Waals surface area contributed by atoms with Gasteiger partial charge in [0.15, 0.2) is 0 Å². The van der Waals surface area contributed by atoms with Crippen molar-refractivity contribution in [2.24, 2.45) is 10.9 Å². The monoisotopic (exact) mass is 497 g/mol. The van der Waals surface area contributed by atoms with E-state index >= 15 is 0 Å². The molecule has 2 aliphatic heterocycles. The second kappa shape index (κ2) is 11.3. The van der Waals surface area contributed by atoms with Crippen LogP contribution < -0.4 is 10.0 Å². The standard InChI is InChI=1S/C26H35N5O3S/c1-3-20(2)24(28-25-22-11-7-8-12-23(22)35(33,34)29-25)26(32)27-13-14-30-15-17-31(18-16-30)19-21-9-5-4-6-10-21/h4-12,20,24H,3,13-19H2,1-2H3,(H,27,32)(H,28,29)/t20-,24-/m0/s1. The van der Waals surface area contributed by atoms with Gasteiger partial charge in [-0.1, -0.05) is 62.7 Å². The van der Waals surface area contributed by atoms with Crippen LogP contribution in [0.25, 0.3) is 0 Å². The fraction of sp³-hybridized carbons (Fsp3) is 0.462. The molecule has 1 fully saturated rings. The van der Waals surface area contributed by atoms with Crippen molar-refractivity contribution in [2.75, 3.05) is 39.3 Å². The molecule has 2 atom stereocenters. The van der Waals surface area contributed by atoms with Crippen LogP contribution in [-0.4, -0.2) is 75.3 Å². The lowest BCUT2D eigenvalue weighted by Gasteiger charge is -2.34. The smallest absolute Gasteiger partial charge is 0.263 e. The highest BCUT2D eigenvalue weighted by Gasteiger charge is 2.33. The zero-order chi connectivity index (χ0) is 24.8. The first kappa shape index (κ1) is 25.3. The highest BCUT2D eigenvalue weighted by Crippen LogP contribution is 2.24. The molecule has 2 aliphatic rings. The molecule has 188 valence electrons. The van der Waals surface area contributed by atoms with Crippen molar-refractivity contribution in [2.45, 2.75) is 37.8 Å². The molecule has 0 spiro atoms. The van der Waals surface area contributed by atoms with Gasteiger partial charge in [0.25, 0.3) is 10.0 Å². The summed E-state index contributed by atoms with van der Waals surface area (Å²) in [7, 11) is -3.64. The molecule has 0 aliphatic carbocycles. The van der Waals surface area contributed by atoms with Crippen LogP contribution in [0.4, 0.5) is 0 Å². The number of nitrogens with zero attached hydrogens (tertiary/aromatic N) is 3. The Morgan fingerprint density at radius 3 is 2.40 bits per heavy atom. The lowest BCUT2D eigenvalue weighted by Crippen LogP contribution is -2.49. The molecule has 0 saturated carbocycles. The highest BCUT2D eigenvalue weighted by molar-refractivity contribution is 7.90. The number of rotatable bonds is 9. The minimum atomic E-state index is -3.64. The number of carbonyl (C=O) groups excluding carboxylic acids is 1. The topological polar surface area (TPSA) is 94.1 Å². The highest BCUT2D eigenvalue weighted by atomic mass is 32.2. The summed E-state index contributed by atoms with van der Waals surface area (Å²) in [4.78, 5) is 22.7. The molecule has 0 bridgehead atoms. The zero-order valence-corrected chi connectivity index (χ0v) is 21.3. The van der Waals surface area contributed by atoms with Crippen molar-refractivity contribution < 1.29 is 13.2 Å². The van der Waals surface area contributed by atoms with Gasteiger partial charge in [-0.15, -0.1) is 0 Å². The Hall–Kier alpha value is -2.75. The summed E-state index contributed by atoms with van der Waals surface area (Å²) in [5.74, 6) is 0.0510. The fourth-order valence-corrected chi connectivity index (χ4v) is 5.73. The van der Waals surface area contributed by atoms with E-state index in [-0.39, 0.29) is 22.6 Å². The Balaban J connectivity index is 1.30. The van der Waals surface area contributed by atoms with E-state index < -0.39 is 16.1 Å². The average molecular weight is 498 g/mol. The third-order valence-corrected chi connectivity index (χ3v) is 8.22. The largest absolute Gasteiger partial charge is 0.353 e. The zero-order valence-electron chi connectivity index (χ0n) is 20.5. The van der Waals surface area contributed by atoms with E-state index in [1.54, 1.807) is 24.3 Å². The molecule has 1 amide bonds. The number of fused-ring (bicyclic) bond motifs is 1. The van der Waals surface area contributed by atoms with Gasteiger partial charge in [0.2, 0.25) is 5.91 Å². The van der Waals surface area contributed by atoms with Crippen molar-refractivity contribution in [1.29, 1.82) is 0 Å². The molecule has 35 heavy (non-hydrogen) atoms. The Labute approximate surface area is 208 Å². The number of piperazine rings is 1. The first-order chi connectivity index (χ1) is 16.9. The second-order valence-corrected chi connectivity index (χ2v) is 11.0. The maximum absolute atomic E-state index is 13.1. The molecule has 2 heterocycles. The summed E-state index contributed by atoms with van der Waals surface area (Å²) >= 11 is 0. The van der Waals surface area contributed by atoms with Crippen LogP contribution in [0.1, 0.15) is 31.4 Å². The summed E-state index contributed by atoms with van der Waals surface area (Å²) in [6, 6.07) is 16.6. The number of nitrogens with one attached hydrogen (secondary N) is 2. The molecule has 1 saturated heterocycles. The summed E-state index contributed by atoms with van der Waals surface area (Å²) in [6.45, 7) is 10.2. The van der Waals surface area contributed by atoms with Crippen molar-refractivity contribution in [3.8, 4) is 0 Å². The van der Waals surface area contributed by atoms with Crippen LogP contribution in [0.3, 0.4) is 0 Å². The molecule has 0 radical (unpaired) electrons. The van der Waals surface area contributed by atoms with Gasteiger partial charge in [-0.25, -0.2) is 8.42 Å². The Kier molecular flexibility index (Phi) is 8.20. The molecule has 2 N–H and O–H groups in total. The van der Waals surface area contributed by atoms with E-state index in [1.807, 2.05) is 19.9 Å². The van der Waals surface area contributed by atoms with Gasteiger partial charge < -0.3 is 5.32 Å². The number of hydrogen-bond donors (Lipinski definition) is 2. The van der Waals surface area contributed by atoms with E-state index in [4.69, 9.17) is 0 Å². The van der Waals surface area contributed by atoms with Crippen LogP contribution in [0.2, 0.25) is 0 Å². The Morgan fingerprint density at radius 2 is 1.69 bits per heavy atom. The molecule has 0 unspecified atom stereocenters. The van der Waals surface area contributed by atoms with E-state index in [1.165, 1.54) is 5.56 Å². The Morgan fingerprint density at radius 1 is 1.03 bits per heavy atom. The van der Waals surface area contributed by atoms with Crippen molar-refractivity contribution in [3.63, 3.8) is 0 Å². The normalized spacial score (nSPS) is 20.7. The number of sulfonamides is 1. The van der Waals surface area contributed by atoms with Gasteiger partial charge in [0.1, 0.15) is 11.9 Å². The van der Waals surface area contributed by atoms with Gasteiger partial charge in [-0.3, -0.25) is 24.3 Å². The van der Waals surface area contributed by atoms with Gasteiger partial charge >= 0.3 is 0 Å². The third kappa shape index (κ3) is 6.28. The molecular formula is C26H35N5O3S. The van der Waals surface area contributed by atoms with Crippen LogP contribution >= 0.6 is 0 Å². The van der Waals surface area contributed by atoms with E-state index in [9.17, 15) is 13.2 Å². The minimum Gasteiger partial charge on any atom is -0.353 e. The summed E-state index contributed by atoms with van der Waals surface area (Å²) in [5.41, 5.74) is 1.85. The van der Waals surface area contributed by atoms with Crippen molar-refractivity contribution >= 4 is 21.8 Å². The molecule has 9 heteroatoms. The van der Waals surface area contributed by atoms with E-state index in [2.05, 4.69) is 49.1 Å². The second-order valence-electron chi connectivity index (χ2n) is 9.30. The number of hydrogen-bond acceptors (Lipinski definition) is 6. The lowest BCUT2D eigenvalue weighted by molar-refractivity contribution is -0.123. The van der Waals surface area contributed by atoms with Gasteiger partial charge in [0, 0.05) is 51.4 Å². The minimum absolute atomic E-state index is 0.0266. The summed E-state index contributed by atoms with van der Waals surface area (Å²) in [5, 5.41) is 3.04. The van der Waals surface area contributed by atoms with Crippen molar-refractivity contribution in [1.82, 2.24) is 19.8 Å². The average Bonchev–Trinajstić information content (AvgIpc) is 3.13. The quantitative estimate of drug-likeness (QED) is 0.553. The van der Waals surface area contributed by atoms with Gasteiger partial charge in [-0.05, 0) is 23.6 Å². The van der Waals surface area contributed by atoms with Gasteiger partial charge in [0.05, 0.1) is 4.90 Å². The molecule has 4 rings (SSSR count). The van der Waals surface area contributed by atoms with Crippen LogP contribution in [-0.2, 0) is 21.4 Å². The predicted molar refractivity (Wildman–Crippen MR) is 138 cm³/mol. The molecule has 8 nitrogen and oxygen atoms in total. The number of amidine groups is 1. The number of carbonyl (C=O) groups is 1. The van der Waals surface area contributed by atoms with Crippen molar-refractivity contribution in [3.05, 3.63) is 65.7 Å². The van der Waals surface area contributed by atoms with Gasteiger partial charge in [-0.2, -0.15) is 0 Å². The molecule has 2 aromatic rings. The van der Waals surface area contributed by atoms with Crippen LogP contribution in [0.15, 0.2) is 64.5 Å². The maximum Gasteiger partial charge on any atom is 0.263 e. The fourth-order valence-electron chi connectivity index (χ4n) is 4.49. The lowest BCUT2D eigenvalue weighted by atomic mass is 9.98. The number of benzene rings is 2. The summed E-state index contributed by atoms with van der Waals surface area (Å²) < 4.78 is 27.4. The maximum atomic E-state index is 13.1. The summed E-state index contributed by atoms with van der Waals surface area (Å²) in [6.07, 6.45) is 0.757. The Bertz CT molecular complexity index is 1140. The number of aliphatic imine (C=N–C) groups is 1. The molecular weight excluding hydrogens is 462 g/mol. The van der Waals surface area contributed by atoms with Crippen LogP contribution in [0.5, 0.6) is 0 Å². The van der Waals surface area contributed by atoms with E-state index in [0.29, 0.717) is 12.1 Å². The van der Waals surface area contributed by atoms with E-state index in [0.717, 1.165) is 45.7 Å². The predicted octanol–water partition coefficient (Wildman–Crippen LogP) is 2.07. The number of amides is 1. The first-order valence-corrected chi connectivity index (χ1v) is 13.8.